The molecule has 0 aliphatic carbocycles. The highest BCUT2D eigenvalue weighted by molar-refractivity contribution is 6.33. The lowest BCUT2D eigenvalue weighted by Gasteiger charge is -2.27. The largest absolute Gasteiger partial charge is 0.376 e. The van der Waals surface area contributed by atoms with E-state index in [-0.39, 0.29) is 11.9 Å². The fraction of sp³-hybridized carbons (Fsp3) is 0.250. The van der Waals surface area contributed by atoms with Crippen LogP contribution in [0.1, 0.15) is 12.8 Å². The Morgan fingerprint density at radius 2 is 2.19 bits per heavy atom. The molecule has 1 aromatic carbocycles. The third-order valence-electron chi connectivity index (χ3n) is 2.58. The molecule has 1 unspecified atom stereocenters. The molecule has 0 bridgehead atoms. The maximum atomic E-state index is 11.1. The second kappa shape index (κ2) is 4.58. The third kappa shape index (κ3) is 2.36. The van der Waals surface area contributed by atoms with Crippen LogP contribution in [0.4, 0.5) is 5.69 Å². The Kier molecular flexibility index (Phi) is 3.15. The van der Waals surface area contributed by atoms with Crippen molar-refractivity contribution >= 4 is 23.2 Å². The van der Waals surface area contributed by atoms with Crippen LogP contribution in [0.25, 0.3) is 0 Å². The summed E-state index contributed by atoms with van der Waals surface area (Å²) < 4.78 is 0. The van der Waals surface area contributed by atoms with Crippen LogP contribution in [0.3, 0.4) is 0 Å². The van der Waals surface area contributed by atoms with E-state index in [4.69, 9.17) is 11.6 Å². The van der Waals surface area contributed by atoms with E-state index in [0.717, 1.165) is 12.1 Å². The van der Waals surface area contributed by atoms with Gasteiger partial charge in [0, 0.05) is 12.1 Å². The second-order valence-corrected chi connectivity index (χ2v) is 4.20. The molecule has 2 rings (SSSR count). The van der Waals surface area contributed by atoms with Gasteiger partial charge in [0.25, 0.3) is 0 Å². The minimum absolute atomic E-state index is 0.0298. The van der Waals surface area contributed by atoms with Gasteiger partial charge in [0.1, 0.15) is 0 Å². The summed E-state index contributed by atoms with van der Waals surface area (Å²) in [5.41, 5.74) is 1.57. The standard InChI is InChI=1S/C12H13ClN2O/c1-8-10(6-7-12(16)14-8)15-11-5-3-2-4-9(11)13/h2-5,10,15H,1,6-7H2,(H,14,16). The molecule has 2 N–H and O–H groups in total. The van der Waals surface area contributed by atoms with Crippen molar-refractivity contribution in [2.24, 2.45) is 0 Å². The van der Waals surface area contributed by atoms with Crippen LogP contribution in [0, 0.1) is 0 Å². The summed E-state index contributed by atoms with van der Waals surface area (Å²) in [5, 5.41) is 6.68. The molecule has 0 saturated carbocycles. The lowest BCUT2D eigenvalue weighted by molar-refractivity contribution is -0.121. The van der Waals surface area contributed by atoms with Gasteiger partial charge in [-0.1, -0.05) is 30.3 Å². The summed E-state index contributed by atoms with van der Waals surface area (Å²) >= 11 is 6.04. The smallest absolute Gasteiger partial charge is 0.224 e. The zero-order chi connectivity index (χ0) is 11.5. The molecule has 84 valence electrons. The number of carbonyl (C=O) groups excluding carboxylic acids is 1. The SMILES string of the molecule is C=C1NC(=O)CCC1Nc1ccccc1Cl. The van der Waals surface area contributed by atoms with Gasteiger partial charge >= 0.3 is 0 Å². The van der Waals surface area contributed by atoms with Crippen molar-refractivity contribution in [3.05, 3.63) is 41.6 Å². The number of nitrogens with one attached hydrogen (secondary N) is 2. The maximum Gasteiger partial charge on any atom is 0.224 e. The van der Waals surface area contributed by atoms with Gasteiger partial charge in [0.05, 0.1) is 16.8 Å². The van der Waals surface area contributed by atoms with E-state index in [1.165, 1.54) is 0 Å². The molecule has 1 atom stereocenters. The van der Waals surface area contributed by atoms with Crippen LogP contribution in [-0.4, -0.2) is 11.9 Å². The Hall–Kier alpha value is -1.48. The normalized spacial score (nSPS) is 20.4. The predicted molar refractivity (Wildman–Crippen MR) is 65.4 cm³/mol. The summed E-state index contributed by atoms with van der Waals surface area (Å²) in [6.07, 6.45) is 1.26. The molecule has 0 spiro atoms. The zero-order valence-electron chi connectivity index (χ0n) is 8.79. The number of amides is 1. The second-order valence-electron chi connectivity index (χ2n) is 3.79. The number of hydrogen-bond donors (Lipinski definition) is 2. The fourth-order valence-electron chi connectivity index (χ4n) is 1.70. The van der Waals surface area contributed by atoms with Crippen molar-refractivity contribution < 1.29 is 4.79 Å². The molecular formula is C12H13ClN2O. The van der Waals surface area contributed by atoms with Crippen molar-refractivity contribution in [2.45, 2.75) is 18.9 Å². The van der Waals surface area contributed by atoms with Crippen LogP contribution in [0.15, 0.2) is 36.5 Å². The summed E-state index contributed by atoms with van der Waals surface area (Å²) in [6.45, 7) is 3.83. The van der Waals surface area contributed by atoms with Gasteiger partial charge in [-0.15, -0.1) is 0 Å². The van der Waals surface area contributed by atoms with Crippen LogP contribution in [0.2, 0.25) is 5.02 Å². The number of para-hydroxylation sites is 1. The summed E-state index contributed by atoms with van der Waals surface area (Å²) in [6, 6.07) is 7.58. The monoisotopic (exact) mass is 236 g/mol. The first-order valence-electron chi connectivity index (χ1n) is 5.16. The van der Waals surface area contributed by atoms with E-state index >= 15 is 0 Å². The first-order chi connectivity index (χ1) is 7.66. The van der Waals surface area contributed by atoms with Crippen LogP contribution in [0.5, 0.6) is 0 Å². The van der Waals surface area contributed by atoms with E-state index in [9.17, 15) is 4.79 Å². The first kappa shape index (κ1) is 11.0. The molecule has 1 fully saturated rings. The quantitative estimate of drug-likeness (QED) is 0.829. The molecule has 1 aliphatic rings. The zero-order valence-corrected chi connectivity index (χ0v) is 9.55. The van der Waals surface area contributed by atoms with Crippen LogP contribution < -0.4 is 10.6 Å². The van der Waals surface area contributed by atoms with Gasteiger partial charge in [-0.25, -0.2) is 0 Å². The number of halogens is 1. The summed E-state index contributed by atoms with van der Waals surface area (Å²) in [4.78, 5) is 11.1. The Morgan fingerprint density at radius 3 is 2.88 bits per heavy atom. The van der Waals surface area contributed by atoms with Crippen molar-refractivity contribution in [1.82, 2.24) is 5.32 Å². The molecular weight excluding hydrogens is 224 g/mol. The van der Waals surface area contributed by atoms with Crippen LogP contribution in [-0.2, 0) is 4.79 Å². The summed E-state index contributed by atoms with van der Waals surface area (Å²) in [7, 11) is 0. The van der Waals surface area contributed by atoms with E-state index < -0.39 is 0 Å². The number of hydrogen-bond acceptors (Lipinski definition) is 2. The minimum atomic E-state index is 0.0298. The molecule has 1 heterocycles. The van der Waals surface area contributed by atoms with E-state index in [1.807, 2.05) is 24.3 Å². The molecule has 1 amide bonds. The fourth-order valence-corrected chi connectivity index (χ4v) is 1.89. The number of carbonyl (C=O) groups is 1. The van der Waals surface area contributed by atoms with Gasteiger partial charge in [-0.2, -0.15) is 0 Å². The van der Waals surface area contributed by atoms with Gasteiger partial charge in [-0.05, 0) is 18.6 Å². The van der Waals surface area contributed by atoms with Crippen molar-refractivity contribution in [3.8, 4) is 0 Å². The molecule has 4 heteroatoms. The van der Waals surface area contributed by atoms with Gasteiger partial charge in [0.15, 0.2) is 0 Å². The Balaban J connectivity index is 2.08. The first-order valence-corrected chi connectivity index (χ1v) is 5.54. The minimum Gasteiger partial charge on any atom is -0.376 e. The number of anilines is 1. The van der Waals surface area contributed by atoms with Gasteiger partial charge < -0.3 is 10.6 Å². The highest BCUT2D eigenvalue weighted by Gasteiger charge is 2.21. The highest BCUT2D eigenvalue weighted by Crippen LogP contribution is 2.24. The molecule has 16 heavy (non-hydrogen) atoms. The number of benzene rings is 1. The van der Waals surface area contributed by atoms with Crippen LogP contribution >= 0.6 is 11.6 Å². The lowest BCUT2D eigenvalue weighted by atomic mass is 10.0. The molecule has 1 saturated heterocycles. The molecule has 1 aromatic rings. The van der Waals surface area contributed by atoms with Crippen molar-refractivity contribution in [3.63, 3.8) is 0 Å². The van der Waals surface area contributed by atoms with E-state index in [0.29, 0.717) is 17.1 Å². The Labute approximate surface area is 99.5 Å². The average Bonchev–Trinajstić information content (AvgIpc) is 2.25. The van der Waals surface area contributed by atoms with Crippen molar-refractivity contribution in [1.29, 1.82) is 0 Å². The Morgan fingerprint density at radius 1 is 1.44 bits per heavy atom. The molecule has 1 aliphatic heterocycles. The third-order valence-corrected chi connectivity index (χ3v) is 2.91. The average molecular weight is 237 g/mol. The lowest BCUT2D eigenvalue weighted by Crippen LogP contribution is -2.39. The Bertz CT molecular complexity index is 431. The molecule has 0 radical (unpaired) electrons. The topological polar surface area (TPSA) is 41.1 Å². The molecule has 3 nitrogen and oxygen atoms in total. The van der Waals surface area contributed by atoms with E-state index in [2.05, 4.69) is 17.2 Å². The maximum absolute atomic E-state index is 11.1. The van der Waals surface area contributed by atoms with E-state index in [1.54, 1.807) is 0 Å². The van der Waals surface area contributed by atoms with Gasteiger partial charge in [0.2, 0.25) is 5.91 Å². The van der Waals surface area contributed by atoms with Crippen molar-refractivity contribution in [2.75, 3.05) is 5.32 Å². The number of piperidine rings is 1. The highest BCUT2D eigenvalue weighted by atomic mass is 35.5. The summed E-state index contributed by atoms with van der Waals surface area (Å²) in [5.74, 6) is 0.0298. The van der Waals surface area contributed by atoms with Gasteiger partial charge in [-0.3, -0.25) is 4.79 Å². The predicted octanol–water partition coefficient (Wildman–Crippen LogP) is 2.54. The number of rotatable bonds is 2. The molecule has 0 aromatic heterocycles.